The molecule has 3 heterocycles. The van der Waals surface area contributed by atoms with Gasteiger partial charge >= 0.3 is 0 Å². The largest absolute Gasteiger partial charge is 0.507 e. The first-order valence-electron chi connectivity index (χ1n) is 7.90. The number of thioether (sulfide) groups is 2. The van der Waals surface area contributed by atoms with Crippen LogP contribution in [0.5, 0.6) is 5.75 Å². The van der Waals surface area contributed by atoms with Gasteiger partial charge in [0.15, 0.2) is 0 Å². The number of carbonyl (C=O) groups excluding carboxylic acids is 2. The smallest absolute Gasteiger partial charge is 0.295 e. The van der Waals surface area contributed by atoms with Gasteiger partial charge in [-0.2, -0.15) is 10.1 Å². The van der Waals surface area contributed by atoms with Crippen molar-refractivity contribution in [2.24, 2.45) is 5.10 Å². The van der Waals surface area contributed by atoms with E-state index in [-0.39, 0.29) is 21.5 Å². The predicted octanol–water partition coefficient (Wildman–Crippen LogP) is 1.87. The molecule has 2 aromatic rings. The summed E-state index contributed by atoms with van der Waals surface area (Å²) in [5, 5.41) is 20.6. The lowest BCUT2D eigenvalue weighted by molar-refractivity contribution is -0.115. The minimum atomic E-state index is -0.513. The van der Waals surface area contributed by atoms with Crippen molar-refractivity contribution >= 4 is 45.8 Å². The molecule has 4 rings (SSSR count). The number of phenols is 1. The van der Waals surface area contributed by atoms with E-state index in [1.165, 1.54) is 30.1 Å². The monoisotopic (exact) mass is 413 g/mol. The Bertz CT molecular complexity index is 1180. The molecule has 0 atom stereocenters. The van der Waals surface area contributed by atoms with E-state index in [1.807, 2.05) is 0 Å². The van der Waals surface area contributed by atoms with Gasteiger partial charge in [-0.25, -0.2) is 0 Å². The number of amides is 2. The molecule has 1 aromatic heterocycles. The zero-order valence-corrected chi connectivity index (χ0v) is 15.9. The first-order chi connectivity index (χ1) is 13.4. The predicted molar refractivity (Wildman–Crippen MR) is 105 cm³/mol. The Morgan fingerprint density at radius 3 is 2.68 bits per heavy atom. The second-order valence-corrected chi connectivity index (χ2v) is 7.67. The molecule has 0 aliphatic carbocycles. The molecule has 0 spiro atoms. The fraction of sp³-hybridized carbons (Fsp3) is 0.0588. The number of nitrogens with one attached hydrogen (secondary N) is 1. The highest BCUT2D eigenvalue weighted by atomic mass is 32.2. The van der Waals surface area contributed by atoms with E-state index in [1.54, 1.807) is 18.2 Å². The number of imide groups is 1. The summed E-state index contributed by atoms with van der Waals surface area (Å²) < 4.78 is 0. The number of aromatic nitrogens is 3. The zero-order valence-electron chi connectivity index (χ0n) is 14.2. The van der Waals surface area contributed by atoms with Crippen molar-refractivity contribution in [2.45, 2.75) is 12.1 Å². The van der Waals surface area contributed by atoms with Gasteiger partial charge in [-0.15, -0.1) is 9.89 Å². The summed E-state index contributed by atoms with van der Waals surface area (Å²) in [5.41, 5.74) is 0.618. The molecular formula is C17H11N5O4S2. The van der Waals surface area contributed by atoms with Crippen LogP contribution in [0.25, 0.3) is 4.91 Å². The number of hydrogen-bond acceptors (Lipinski definition) is 9. The third-order valence-electron chi connectivity index (χ3n) is 3.76. The summed E-state index contributed by atoms with van der Waals surface area (Å²) in [4.78, 5) is 41.2. The maximum atomic E-state index is 11.9. The molecule has 0 bridgehead atoms. The molecule has 1 fully saturated rings. The third-order valence-corrected chi connectivity index (χ3v) is 5.67. The number of hydrogen-bond donors (Lipinski definition) is 2. The standard InChI is InChI=1S/C17H11N5O4S2/c1-8-14(24)19-16-22(21-8)18-7-9(6-12-15(25)20-17(26)27-12)13(28-16)10-4-2-3-5-11(10)23/h2-7,23H,1H3,(H,20,25,26)/b12-6-. The lowest BCUT2D eigenvalue weighted by Gasteiger charge is -2.10. The third kappa shape index (κ3) is 3.37. The average Bonchev–Trinajstić information content (AvgIpc) is 2.87. The van der Waals surface area contributed by atoms with E-state index < -0.39 is 16.7 Å². The van der Waals surface area contributed by atoms with Gasteiger partial charge in [0.1, 0.15) is 11.4 Å². The molecule has 0 unspecified atom stereocenters. The summed E-state index contributed by atoms with van der Waals surface area (Å²) in [6, 6.07) is 6.62. The second-order valence-electron chi connectivity index (χ2n) is 5.67. The number of aromatic hydroxyl groups is 1. The van der Waals surface area contributed by atoms with Gasteiger partial charge in [0.25, 0.3) is 16.7 Å². The molecule has 140 valence electrons. The number of fused-ring (bicyclic) bond motifs is 1. The summed E-state index contributed by atoms with van der Waals surface area (Å²) >= 11 is 1.85. The van der Waals surface area contributed by atoms with Crippen molar-refractivity contribution in [3.63, 3.8) is 0 Å². The van der Waals surface area contributed by atoms with E-state index in [0.29, 0.717) is 16.0 Å². The molecule has 1 saturated heterocycles. The van der Waals surface area contributed by atoms with Crippen molar-refractivity contribution in [3.8, 4) is 5.75 Å². The Kier molecular flexibility index (Phi) is 4.61. The Morgan fingerprint density at radius 2 is 1.96 bits per heavy atom. The summed E-state index contributed by atoms with van der Waals surface area (Å²) in [6.07, 6.45) is 2.94. The van der Waals surface area contributed by atoms with Crippen LogP contribution in [0.15, 0.2) is 55.9 Å². The lowest BCUT2D eigenvalue weighted by Crippen LogP contribution is -2.18. The Balaban J connectivity index is 1.92. The van der Waals surface area contributed by atoms with Crippen LogP contribution in [0, 0.1) is 6.92 Å². The van der Waals surface area contributed by atoms with Gasteiger partial charge in [-0.1, -0.05) is 18.2 Å². The van der Waals surface area contributed by atoms with Crippen LogP contribution in [0.3, 0.4) is 0 Å². The lowest BCUT2D eigenvalue weighted by atomic mass is 10.1. The molecular weight excluding hydrogens is 402 g/mol. The minimum Gasteiger partial charge on any atom is -0.507 e. The highest BCUT2D eigenvalue weighted by Gasteiger charge is 2.27. The number of phenolic OH excluding ortho intramolecular Hbond substituents is 1. The fourth-order valence-electron chi connectivity index (χ4n) is 2.45. The SMILES string of the molecule is Cc1nn2c(nc1=O)SC(c1ccccc1O)=C(/C=C1\SC(=O)NC1=O)C=N2. The van der Waals surface area contributed by atoms with Gasteiger partial charge in [0.2, 0.25) is 5.16 Å². The van der Waals surface area contributed by atoms with E-state index in [2.05, 4.69) is 20.5 Å². The van der Waals surface area contributed by atoms with Gasteiger partial charge in [0.05, 0.1) is 11.1 Å². The molecule has 2 aliphatic rings. The van der Waals surface area contributed by atoms with Crippen LogP contribution in [0.1, 0.15) is 11.3 Å². The Labute approximate surface area is 166 Å². The molecule has 28 heavy (non-hydrogen) atoms. The van der Waals surface area contributed by atoms with Crippen LogP contribution in [-0.4, -0.2) is 37.3 Å². The van der Waals surface area contributed by atoms with Crippen LogP contribution in [-0.2, 0) is 4.79 Å². The van der Waals surface area contributed by atoms with Gasteiger partial charge in [-0.3, -0.25) is 19.7 Å². The van der Waals surface area contributed by atoms with E-state index >= 15 is 0 Å². The highest BCUT2D eigenvalue weighted by molar-refractivity contribution is 8.18. The quantitative estimate of drug-likeness (QED) is 0.715. The fourth-order valence-corrected chi connectivity index (χ4v) is 4.11. The summed E-state index contributed by atoms with van der Waals surface area (Å²) in [6.45, 7) is 1.53. The van der Waals surface area contributed by atoms with Gasteiger partial charge in [-0.05, 0) is 42.6 Å². The van der Waals surface area contributed by atoms with Gasteiger partial charge < -0.3 is 5.11 Å². The zero-order chi connectivity index (χ0) is 19.8. The molecule has 2 amide bonds. The van der Waals surface area contributed by atoms with Crippen molar-refractivity contribution in [3.05, 3.63) is 62.4 Å². The van der Waals surface area contributed by atoms with E-state index in [9.17, 15) is 19.5 Å². The van der Waals surface area contributed by atoms with Crippen LogP contribution >= 0.6 is 23.5 Å². The molecule has 0 radical (unpaired) electrons. The second kappa shape index (κ2) is 7.09. The Hall–Kier alpha value is -3.18. The number of aryl methyl sites for hydroxylation is 1. The molecule has 2 aliphatic heterocycles. The maximum absolute atomic E-state index is 11.9. The molecule has 2 N–H and O–H groups in total. The number of allylic oxidation sites excluding steroid dienone is 2. The number of para-hydroxylation sites is 1. The first kappa shape index (κ1) is 18.2. The van der Waals surface area contributed by atoms with E-state index in [4.69, 9.17) is 0 Å². The topological polar surface area (TPSA) is 127 Å². The first-order valence-corrected chi connectivity index (χ1v) is 9.53. The van der Waals surface area contributed by atoms with Crippen molar-refractivity contribution < 1.29 is 14.7 Å². The normalized spacial score (nSPS) is 17.7. The minimum absolute atomic E-state index is 0.00442. The molecule has 0 saturated carbocycles. The number of nitrogens with zero attached hydrogens (tertiary/aromatic N) is 4. The Morgan fingerprint density at radius 1 is 1.18 bits per heavy atom. The summed E-state index contributed by atoms with van der Waals surface area (Å²) in [7, 11) is 0. The van der Waals surface area contributed by atoms with Crippen molar-refractivity contribution in [1.82, 2.24) is 20.2 Å². The van der Waals surface area contributed by atoms with Crippen LogP contribution < -0.4 is 10.9 Å². The summed E-state index contributed by atoms with van der Waals surface area (Å²) in [5.74, 6) is -0.509. The molecule has 9 nitrogen and oxygen atoms in total. The molecule has 1 aromatic carbocycles. The molecule has 11 heteroatoms. The number of rotatable bonds is 2. The number of carbonyl (C=O) groups is 2. The van der Waals surface area contributed by atoms with Crippen LogP contribution in [0.2, 0.25) is 0 Å². The number of benzene rings is 1. The average molecular weight is 413 g/mol. The maximum Gasteiger partial charge on any atom is 0.295 e. The highest BCUT2D eigenvalue weighted by Crippen LogP contribution is 2.41. The van der Waals surface area contributed by atoms with Crippen molar-refractivity contribution in [1.29, 1.82) is 0 Å². The van der Waals surface area contributed by atoms with E-state index in [0.717, 1.165) is 23.5 Å². The van der Waals surface area contributed by atoms with Gasteiger partial charge in [0, 0.05) is 16.0 Å². The van der Waals surface area contributed by atoms with Crippen LogP contribution in [0.4, 0.5) is 4.79 Å². The van der Waals surface area contributed by atoms with Crippen molar-refractivity contribution in [2.75, 3.05) is 0 Å².